The van der Waals surface area contributed by atoms with Crippen LogP contribution in [-0.2, 0) is 28.6 Å². The minimum atomic E-state index is -1.16. The van der Waals surface area contributed by atoms with Crippen LogP contribution in [0.5, 0.6) is 0 Å². The van der Waals surface area contributed by atoms with E-state index in [0.29, 0.717) is 0 Å². The Kier molecular flexibility index (Phi) is 11.1. The lowest BCUT2D eigenvalue weighted by atomic mass is 9.90. The van der Waals surface area contributed by atoms with E-state index in [2.05, 4.69) is 43.0 Å². The third-order valence-corrected chi connectivity index (χ3v) is 5.51. The zero-order chi connectivity index (χ0) is 26.7. The molecule has 11 heteroatoms. The van der Waals surface area contributed by atoms with E-state index in [1.54, 1.807) is 0 Å². The van der Waals surface area contributed by atoms with Crippen molar-refractivity contribution in [3.63, 3.8) is 0 Å². The van der Waals surface area contributed by atoms with Gasteiger partial charge in [0.2, 0.25) is 5.91 Å². The van der Waals surface area contributed by atoms with Gasteiger partial charge in [0.1, 0.15) is 25.7 Å². The molecular formula is C25H28N2O8S. The van der Waals surface area contributed by atoms with Crippen molar-refractivity contribution >= 4 is 47.2 Å². The van der Waals surface area contributed by atoms with E-state index >= 15 is 0 Å². The molecule has 1 aromatic carbocycles. The van der Waals surface area contributed by atoms with Crippen molar-refractivity contribution < 1.29 is 38.2 Å². The zero-order valence-corrected chi connectivity index (χ0v) is 20.5. The fourth-order valence-corrected chi connectivity index (χ4v) is 3.94. The van der Waals surface area contributed by atoms with E-state index in [1.165, 1.54) is 36.4 Å². The molecule has 0 radical (unpaired) electrons. The van der Waals surface area contributed by atoms with Crippen molar-refractivity contribution in [3.8, 4) is 0 Å². The fraction of sp³-hybridized carbons (Fsp3) is 0.320. The number of benzene rings is 1. The predicted octanol–water partition coefficient (Wildman–Crippen LogP) is 2.09. The monoisotopic (exact) mass is 516 g/mol. The SMILES string of the molecule is C=CCOC(=O)c1cccc(NC(=O)C2CC(C(C(=O)S)C(=O)OCC=C)CN2)c1C(=O)OCC=C. The molecule has 2 N–H and O–H groups in total. The first-order valence-corrected chi connectivity index (χ1v) is 11.4. The molecule has 10 nitrogen and oxygen atoms in total. The first kappa shape index (κ1) is 28.5. The molecule has 2 rings (SSSR count). The number of rotatable bonds is 13. The molecule has 1 fully saturated rings. The predicted molar refractivity (Wildman–Crippen MR) is 135 cm³/mol. The summed E-state index contributed by atoms with van der Waals surface area (Å²) in [5, 5.41) is 4.92. The molecule has 0 bridgehead atoms. The molecular weight excluding hydrogens is 488 g/mol. The number of ether oxygens (including phenoxy) is 3. The number of hydrogen-bond acceptors (Lipinski definition) is 9. The molecule has 36 heavy (non-hydrogen) atoms. The van der Waals surface area contributed by atoms with Gasteiger partial charge in [-0.25, -0.2) is 9.59 Å². The average Bonchev–Trinajstić information content (AvgIpc) is 3.33. The first-order valence-electron chi connectivity index (χ1n) is 11.0. The van der Waals surface area contributed by atoms with E-state index in [4.69, 9.17) is 14.2 Å². The van der Waals surface area contributed by atoms with Crippen molar-refractivity contribution in [1.82, 2.24) is 5.32 Å². The Morgan fingerprint density at radius 3 is 2.22 bits per heavy atom. The molecule has 1 heterocycles. The van der Waals surface area contributed by atoms with Crippen LogP contribution in [-0.4, -0.2) is 61.3 Å². The summed E-state index contributed by atoms with van der Waals surface area (Å²) in [6.07, 6.45) is 4.23. The van der Waals surface area contributed by atoms with E-state index in [9.17, 15) is 24.0 Å². The molecule has 1 aliphatic heterocycles. The van der Waals surface area contributed by atoms with Gasteiger partial charge in [0, 0.05) is 6.54 Å². The number of thiol groups is 1. The highest BCUT2D eigenvalue weighted by Gasteiger charge is 2.41. The van der Waals surface area contributed by atoms with Crippen LogP contribution in [0.3, 0.4) is 0 Å². The summed E-state index contributed by atoms with van der Waals surface area (Å²) >= 11 is 3.81. The second-order valence-corrected chi connectivity index (χ2v) is 8.12. The summed E-state index contributed by atoms with van der Waals surface area (Å²) in [6, 6.07) is 3.48. The van der Waals surface area contributed by atoms with Gasteiger partial charge in [0.15, 0.2) is 5.12 Å². The van der Waals surface area contributed by atoms with Crippen molar-refractivity contribution in [2.75, 3.05) is 31.7 Å². The third-order valence-electron chi connectivity index (χ3n) is 5.23. The summed E-state index contributed by atoms with van der Waals surface area (Å²) in [5.41, 5.74) is -0.265. The summed E-state index contributed by atoms with van der Waals surface area (Å²) in [6.45, 7) is 10.3. The van der Waals surface area contributed by atoms with Crippen LogP contribution in [0, 0.1) is 11.8 Å². The molecule has 1 aromatic rings. The molecule has 1 amide bonds. The fourth-order valence-electron chi connectivity index (χ4n) is 3.63. The Morgan fingerprint density at radius 1 is 1.00 bits per heavy atom. The molecule has 3 atom stereocenters. The summed E-state index contributed by atoms with van der Waals surface area (Å²) in [4.78, 5) is 62.6. The number of esters is 3. The topological polar surface area (TPSA) is 137 Å². The normalized spacial score (nSPS) is 17.2. The van der Waals surface area contributed by atoms with Crippen LogP contribution in [0.4, 0.5) is 5.69 Å². The minimum absolute atomic E-state index is 0.0274. The van der Waals surface area contributed by atoms with Gasteiger partial charge < -0.3 is 24.8 Å². The minimum Gasteiger partial charge on any atom is -0.461 e. The van der Waals surface area contributed by atoms with Crippen LogP contribution in [0.25, 0.3) is 0 Å². The number of nitrogens with one attached hydrogen (secondary N) is 2. The van der Waals surface area contributed by atoms with Gasteiger partial charge in [0.25, 0.3) is 0 Å². The number of amides is 1. The maximum absolute atomic E-state index is 13.0. The Balaban J connectivity index is 2.24. The lowest BCUT2D eigenvalue weighted by molar-refractivity contribution is -0.151. The number of hydrogen-bond donors (Lipinski definition) is 3. The highest BCUT2D eigenvalue weighted by molar-refractivity contribution is 7.96. The van der Waals surface area contributed by atoms with Crippen LogP contribution in [0.2, 0.25) is 0 Å². The maximum atomic E-state index is 13.0. The standard InChI is InChI=1S/C25H28N2O8S/c1-4-10-33-22(29)16-8-7-9-17(20(16)24(31)35-12-6-3)27-21(28)18-13-15(14-26-18)19(25(32)36)23(30)34-11-5-2/h4-9,15,18-19,26H,1-3,10-14H2,(H,27,28)(H,32,36). The van der Waals surface area contributed by atoms with Gasteiger partial charge in [-0.2, -0.15) is 0 Å². The van der Waals surface area contributed by atoms with Gasteiger partial charge in [-0.1, -0.05) is 44.0 Å². The Bertz CT molecular complexity index is 1050. The quantitative estimate of drug-likeness (QED) is 0.118. The molecule has 0 spiro atoms. The van der Waals surface area contributed by atoms with E-state index < -0.39 is 46.8 Å². The van der Waals surface area contributed by atoms with Gasteiger partial charge in [0.05, 0.1) is 22.9 Å². The van der Waals surface area contributed by atoms with E-state index in [-0.39, 0.29) is 49.6 Å². The Hall–Kier alpha value is -3.70. The van der Waals surface area contributed by atoms with Crippen LogP contribution in [0.1, 0.15) is 27.1 Å². The molecule has 3 unspecified atom stereocenters. The van der Waals surface area contributed by atoms with E-state index in [1.807, 2.05) is 0 Å². The summed E-state index contributed by atoms with van der Waals surface area (Å²) in [5.74, 6) is -4.66. The molecule has 1 saturated heterocycles. The van der Waals surface area contributed by atoms with Crippen LogP contribution in [0.15, 0.2) is 56.2 Å². The van der Waals surface area contributed by atoms with Gasteiger partial charge in [-0.05, 0) is 24.5 Å². The second kappa shape index (κ2) is 14.0. The smallest absolute Gasteiger partial charge is 0.341 e. The van der Waals surface area contributed by atoms with Gasteiger partial charge >= 0.3 is 17.9 Å². The number of anilines is 1. The van der Waals surface area contributed by atoms with Crippen molar-refractivity contribution in [3.05, 3.63) is 67.3 Å². The van der Waals surface area contributed by atoms with Gasteiger partial charge in [-0.3, -0.25) is 14.4 Å². The van der Waals surface area contributed by atoms with Crippen LogP contribution >= 0.6 is 12.6 Å². The summed E-state index contributed by atoms with van der Waals surface area (Å²) < 4.78 is 15.1. The molecule has 0 saturated carbocycles. The lowest BCUT2D eigenvalue weighted by Crippen LogP contribution is -2.36. The molecule has 192 valence electrons. The van der Waals surface area contributed by atoms with Crippen molar-refractivity contribution in [2.24, 2.45) is 11.8 Å². The average molecular weight is 517 g/mol. The highest BCUT2D eigenvalue weighted by atomic mass is 32.1. The zero-order valence-electron chi connectivity index (χ0n) is 19.6. The number of carbonyl (C=O) groups is 5. The molecule has 1 aliphatic rings. The maximum Gasteiger partial charge on any atom is 0.341 e. The van der Waals surface area contributed by atoms with Crippen molar-refractivity contribution in [2.45, 2.75) is 12.5 Å². The van der Waals surface area contributed by atoms with Crippen LogP contribution < -0.4 is 10.6 Å². The highest BCUT2D eigenvalue weighted by Crippen LogP contribution is 2.28. The molecule has 0 aromatic heterocycles. The Morgan fingerprint density at radius 2 is 1.61 bits per heavy atom. The lowest BCUT2D eigenvalue weighted by Gasteiger charge is -2.18. The summed E-state index contributed by atoms with van der Waals surface area (Å²) in [7, 11) is 0. The van der Waals surface area contributed by atoms with E-state index in [0.717, 1.165) is 0 Å². The van der Waals surface area contributed by atoms with Crippen molar-refractivity contribution in [1.29, 1.82) is 0 Å². The second-order valence-electron chi connectivity index (χ2n) is 7.68. The van der Waals surface area contributed by atoms with Gasteiger partial charge in [-0.15, -0.1) is 12.6 Å². The third kappa shape index (κ3) is 7.40. The number of carbonyl (C=O) groups excluding carboxylic acids is 5. The largest absolute Gasteiger partial charge is 0.461 e. The first-order chi connectivity index (χ1) is 17.2. The molecule has 0 aliphatic carbocycles. The Labute approximate surface area is 214 Å².